The number of benzene rings is 3. The van der Waals surface area contributed by atoms with Gasteiger partial charge in [0.1, 0.15) is 0 Å². The molecule has 0 fully saturated rings. The van der Waals surface area contributed by atoms with Crippen LogP contribution in [0, 0.1) is 0 Å². The second-order valence-electron chi connectivity index (χ2n) is 8.76. The summed E-state index contributed by atoms with van der Waals surface area (Å²) in [4.78, 5) is 27.5. The molecule has 3 aromatic carbocycles. The molecule has 168 valence electrons. The third-order valence-corrected chi connectivity index (χ3v) is 8.35. The Morgan fingerprint density at radius 3 is 2.34 bits per heavy atom. The Bertz CT molecular complexity index is 1260. The van der Waals surface area contributed by atoms with E-state index in [0.717, 1.165) is 11.6 Å². The van der Waals surface area contributed by atoms with Crippen molar-refractivity contribution in [1.29, 1.82) is 0 Å². The first-order valence-corrected chi connectivity index (χ1v) is 14.5. The summed E-state index contributed by atoms with van der Waals surface area (Å²) in [6.45, 7) is 6.27. The third-order valence-electron chi connectivity index (χ3n) is 5.36. The predicted octanol–water partition coefficient (Wildman–Crippen LogP) is 5.13. The molecule has 4 rings (SSSR count). The number of aromatic hydroxyl groups is 3. The topological polar surface area (TPSA) is 116 Å². The molecule has 0 spiro atoms. The molecule has 0 atom stereocenters. The summed E-state index contributed by atoms with van der Waals surface area (Å²) >= 11 is -2.00. The average molecular weight is 549 g/mol. The third kappa shape index (κ3) is 3.83. The zero-order valence-corrected chi connectivity index (χ0v) is 20.3. The summed E-state index contributed by atoms with van der Waals surface area (Å²) in [5.41, 5.74) is 1.46. The molecule has 1 aliphatic rings. The van der Waals surface area contributed by atoms with Gasteiger partial charge >= 0.3 is 173 Å². The summed E-state index contributed by atoms with van der Waals surface area (Å²) < 4.78 is 6.09. The molecule has 0 aliphatic carbocycles. The maximum atomic E-state index is 13.1. The van der Waals surface area contributed by atoms with E-state index in [9.17, 15) is 24.9 Å². The van der Waals surface area contributed by atoms with Crippen molar-refractivity contribution < 1.29 is 28.0 Å². The van der Waals surface area contributed by atoms with Gasteiger partial charge in [-0.1, -0.05) is 20.8 Å². The van der Waals surface area contributed by atoms with Crippen LogP contribution in [-0.2, 0) is 5.41 Å². The van der Waals surface area contributed by atoms with Crippen molar-refractivity contribution in [2.75, 3.05) is 14.7 Å². The van der Waals surface area contributed by atoms with Crippen molar-refractivity contribution in [3.8, 4) is 23.0 Å². The zero-order chi connectivity index (χ0) is 23.4. The van der Waals surface area contributed by atoms with Crippen LogP contribution >= 0.6 is 20.2 Å². The van der Waals surface area contributed by atoms with Gasteiger partial charge in [-0.3, -0.25) is 0 Å². The number of hydrogen-bond donors (Lipinski definition) is 4. The molecule has 7 nitrogen and oxygen atoms in total. The number of carbonyl (C=O) groups excluding carboxylic acids is 2. The second kappa shape index (κ2) is 7.84. The van der Waals surface area contributed by atoms with E-state index in [4.69, 9.17) is 3.07 Å². The normalized spacial score (nSPS) is 14.8. The Balaban J connectivity index is 1.82. The van der Waals surface area contributed by atoms with Gasteiger partial charge in [0, 0.05) is 0 Å². The monoisotopic (exact) mass is 549 g/mol. The average Bonchev–Trinajstić information content (AvgIpc) is 2.66. The standard InChI is InChI=1S/C24H24INO6/c1-24(2,3)12-5-7-13(8-6-12)26-23(31)20-14-9-18-21(17(29)11-25(4)32-18)22(30)19(14)15(27)10-16(20)28/h5-10,27-28,30H,11H2,1-4H3,(H,26,31). The van der Waals surface area contributed by atoms with E-state index < -0.39 is 43.4 Å². The van der Waals surface area contributed by atoms with E-state index in [0.29, 0.717) is 5.69 Å². The van der Waals surface area contributed by atoms with Crippen LogP contribution in [0.2, 0.25) is 0 Å². The molecule has 0 saturated carbocycles. The molecule has 0 bridgehead atoms. The van der Waals surface area contributed by atoms with E-state index in [1.54, 1.807) is 12.1 Å². The minimum absolute atomic E-state index is 0.00184. The van der Waals surface area contributed by atoms with E-state index >= 15 is 0 Å². The summed E-state index contributed by atoms with van der Waals surface area (Å²) in [7, 11) is 0. The fraction of sp³-hybridized carbons (Fsp3) is 0.250. The van der Waals surface area contributed by atoms with Crippen LogP contribution < -0.4 is 8.38 Å². The Morgan fingerprint density at radius 1 is 1.06 bits per heavy atom. The van der Waals surface area contributed by atoms with Crippen molar-refractivity contribution in [2.45, 2.75) is 26.2 Å². The number of ketones is 1. The van der Waals surface area contributed by atoms with Gasteiger partial charge in [0.05, 0.1) is 0 Å². The number of phenolic OH excluding ortho intramolecular Hbond substituents is 3. The number of halogens is 1. The Labute approximate surface area is 193 Å². The van der Waals surface area contributed by atoms with Crippen LogP contribution in [0.15, 0.2) is 36.4 Å². The molecule has 0 radical (unpaired) electrons. The van der Waals surface area contributed by atoms with Gasteiger partial charge in [-0.05, 0) is 0 Å². The number of rotatable bonds is 2. The Hall–Kier alpha value is -3.01. The van der Waals surface area contributed by atoms with Crippen molar-refractivity contribution in [3.05, 3.63) is 53.1 Å². The Morgan fingerprint density at radius 2 is 1.72 bits per heavy atom. The molecule has 0 aromatic heterocycles. The number of anilines is 1. The number of carbonyl (C=O) groups is 2. The molecule has 3 aromatic rings. The van der Waals surface area contributed by atoms with Gasteiger partial charge in [-0.2, -0.15) is 0 Å². The van der Waals surface area contributed by atoms with Gasteiger partial charge in [0.2, 0.25) is 0 Å². The van der Waals surface area contributed by atoms with E-state index in [-0.39, 0.29) is 43.3 Å². The van der Waals surface area contributed by atoms with Crippen LogP contribution in [0.1, 0.15) is 47.1 Å². The maximum absolute atomic E-state index is 13.1. The van der Waals surface area contributed by atoms with Gasteiger partial charge in [-0.25, -0.2) is 0 Å². The van der Waals surface area contributed by atoms with E-state index in [1.807, 2.05) is 17.1 Å². The van der Waals surface area contributed by atoms with Gasteiger partial charge < -0.3 is 0 Å². The molecule has 0 saturated heterocycles. The van der Waals surface area contributed by atoms with Crippen molar-refractivity contribution in [3.63, 3.8) is 0 Å². The molecular weight excluding hydrogens is 525 g/mol. The number of fused-ring (bicyclic) bond motifs is 2. The van der Waals surface area contributed by atoms with Crippen LogP contribution in [-0.4, -0.2) is 36.4 Å². The molecule has 0 unspecified atom stereocenters. The van der Waals surface area contributed by atoms with Crippen LogP contribution in [0.25, 0.3) is 10.8 Å². The Kier molecular flexibility index (Phi) is 5.44. The van der Waals surface area contributed by atoms with Crippen molar-refractivity contribution in [1.82, 2.24) is 0 Å². The molecule has 1 aliphatic heterocycles. The van der Waals surface area contributed by atoms with E-state index in [2.05, 4.69) is 26.1 Å². The van der Waals surface area contributed by atoms with Crippen LogP contribution in [0.3, 0.4) is 0 Å². The van der Waals surface area contributed by atoms with Crippen molar-refractivity contribution in [2.24, 2.45) is 0 Å². The fourth-order valence-electron chi connectivity index (χ4n) is 3.74. The quantitative estimate of drug-likeness (QED) is 0.260. The molecular formula is C24H24INO6. The predicted molar refractivity (Wildman–Crippen MR) is 132 cm³/mol. The van der Waals surface area contributed by atoms with Gasteiger partial charge in [0.15, 0.2) is 0 Å². The SMILES string of the molecule is CI1CC(=O)c2c(cc3c(C(=O)Nc4ccc(C(C)(C)C)cc4)c(O)cc(O)c3c2O)O1. The molecule has 1 heterocycles. The number of nitrogens with one attached hydrogen (secondary N) is 1. The first-order valence-electron chi connectivity index (χ1n) is 9.91. The van der Waals surface area contributed by atoms with Crippen molar-refractivity contribution >= 4 is 48.4 Å². The first kappa shape index (κ1) is 22.2. The fourth-order valence-corrected chi connectivity index (χ4v) is 6.41. The minimum atomic E-state index is -2.00. The summed E-state index contributed by atoms with van der Waals surface area (Å²) in [5, 5.41) is 34.4. The van der Waals surface area contributed by atoms with Crippen LogP contribution in [0.4, 0.5) is 5.69 Å². The second-order valence-corrected chi connectivity index (χ2v) is 13.0. The molecule has 32 heavy (non-hydrogen) atoms. The number of phenols is 3. The first-order chi connectivity index (χ1) is 15.0. The van der Waals surface area contributed by atoms with E-state index in [1.165, 1.54) is 6.07 Å². The number of alkyl halides is 2. The zero-order valence-electron chi connectivity index (χ0n) is 18.1. The summed E-state index contributed by atoms with van der Waals surface area (Å²) in [5.74, 6) is -2.04. The number of amides is 1. The number of Topliss-reactive ketones (excluding diaryl/α,β-unsaturated/α-hetero) is 1. The number of hydrogen-bond acceptors (Lipinski definition) is 6. The molecule has 1 amide bonds. The molecule has 4 N–H and O–H groups in total. The molecule has 8 heteroatoms. The summed E-state index contributed by atoms with van der Waals surface area (Å²) in [6.07, 6.45) is 0. The summed E-state index contributed by atoms with van der Waals surface area (Å²) in [6, 6.07) is 9.79. The van der Waals surface area contributed by atoms with Crippen LogP contribution in [0.5, 0.6) is 23.0 Å². The van der Waals surface area contributed by atoms with Gasteiger partial charge in [0.25, 0.3) is 0 Å². The van der Waals surface area contributed by atoms with Gasteiger partial charge in [-0.15, -0.1) is 0 Å².